The molecule has 21 heavy (non-hydrogen) atoms. The number of nitrogens with one attached hydrogen (secondary N) is 1. The summed E-state index contributed by atoms with van der Waals surface area (Å²) in [7, 11) is 0. The van der Waals surface area contributed by atoms with E-state index in [1.54, 1.807) is 31.3 Å². The molecule has 0 spiro atoms. The lowest BCUT2D eigenvalue weighted by atomic mass is 10.1. The van der Waals surface area contributed by atoms with Crippen molar-refractivity contribution in [2.24, 2.45) is 0 Å². The molecule has 104 valence electrons. The third kappa shape index (κ3) is 2.48. The van der Waals surface area contributed by atoms with E-state index in [0.717, 1.165) is 5.39 Å². The summed E-state index contributed by atoms with van der Waals surface area (Å²) in [6, 6.07) is 13.8. The summed E-state index contributed by atoms with van der Waals surface area (Å²) < 4.78 is 13.8. The predicted molar refractivity (Wildman–Crippen MR) is 80.8 cm³/mol. The third-order valence-corrected chi connectivity index (χ3v) is 3.33. The number of halogens is 1. The second-order valence-corrected chi connectivity index (χ2v) is 4.77. The molecule has 0 radical (unpaired) electrons. The average Bonchev–Trinajstić information content (AvgIpc) is 2.47. The van der Waals surface area contributed by atoms with E-state index in [1.165, 1.54) is 6.07 Å². The molecule has 0 aliphatic heterocycles. The number of para-hydroxylation sites is 1. The van der Waals surface area contributed by atoms with Crippen molar-refractivity contribution < 1.29 is 9.18 Å². The first kappa shape index (κ1) is 13.2. The molecule has 0 aliphatic carbocycles. The fourth-order valence-corrected chi connectivity index (χ4v) is 2.31. The third-order valence-electron chi connectivity index (χ3n) is 3.33. The normalized spacial score (nSPS) is 10.6. The minimum absolute atomic E-state index is 0.0606. The van der Waals surface area contributed by atoms with Crippen LogP contribution in [0.2, 0.25) is 0 Å². The Bertz CT molecular complexity index is 804. The minimum atomic E-state index is -0.527. The van der Waals surface area contributed by atoms with Gasteiger partial charge in [0.15, 0.2) is 0 Å². The lowest BCUT2D eigenvalue weighted by Crippen LogP contribution is -2.15. The highest BCUT2D eigenvalue weighted by molar-refractivity contribution is 6.09. The number of carbonyl (C=O) groups excluding carboxylic acids is 1. The van der Waals surface area contributed by atoms with E-state index >= 15 is 0 Å². The molecule has 1 amide bonds. The van der Waals surface area contributed by atoms with Gasteiger partial charge >= 0.3 is 0 Å². The van der Waals surface area contributed by atoms with Crippen molar-refractivity contribution in [2.75, 3.05) is 5.32 Å². The first-order valence-electron chi connectivity index (χ1n) is 6.57. The van der Waals surface area contributed by atoms with Gasteiger partial charge in [0.05, 0.1) is 16.8 Å². The Morgan fingerprint density at radius 2 is 1.86 bits per heavy atom. The largest absolute Gasteiger partial charge is 0.320 e. The van der Waals surface area contributed by atoms with E-state index in [0.29, 0.717) is 16.8 Å². The van der Waals surface area contributed by atoms with E-state index in [-0.39, 0.29) is 5.56 Å². The molecule has 0 saturated carbocycles. The van der Waals surface area contributed by atoms with Gasteiger partial charge < -0.3 is 5.32 Å². The van der Waals surface area contributed by atoms with Crippen molar-refractivity contribution >= 4 is 22.5 Å². The van der Waals surface area contributed by atoms with Crippen LogP contribution in [-0.2, 0) is 0 Å². The number of carbonyl (C=O) groups is 1. The average molecular weight is 280 g/mol. The van der Waals surface area contributed by atoms with Gasteiger partial charge in [0.2, 0.25) is 0 Å². The molecule has 0 atom stereocenters. The van der Waals surface area contributed by atoms with E-state index in [2.05, 4.69) is 10.3 Å². The molecule has 3 rings (SSSR count). The van der Waals surface area contributed by atoms with Gasteiger partial charge in [-0.15, -0.1) is 0 Å². The molecule has 0 bridgehead atoms. The van der Waals surface area contributed by atoms with Crippen LogP contribution in [0, 0.1) is 12.7 Å². The number of aryl methyl sites for hydroxylation is 1. The summed E-state index contributed by atoms with van der Waals surface area (Å²) in [4.78, 5) is 16.6. The van der Waals surface area contributed by atoms with Gasteiger partial charge in [-0.2, -0.15) is 0 Å². The van der Waals surface area contributed by atoms with E-state index < -0.39 is 11.7 Å². The summed E-state index contributed by atoms with van der Waals surface area (Å²) in [5, 5.41) is 3.66. The highest BCUT2D eigenvalue weighted by Crippen LogP contribution is 2.22. The number of rotatable bonds is 2. The predicted octanol–water partition coefficient (Wildman–Crippen LogP) is 3.93. The SMILES string of the molecule is Cc1cccc(F)c1C(=O)Nc1cccc2cccnc12. The number of benzene rings is 2. The molecule has 0 saturated heterocycles. The zero-order valence-electron chi connectivity index (χ0n) is 11.4. The quantitative estimate of drug-likeness (QED) is 0.772. The van der Waals surface area contributed by atoms with Gasteiger partial charge in [0.1, 0.15) is 5.82 Å². The molecule has 3 aromatic rings. The van der Waals surface area contributed by atoms with Crippen molar-refractivity contribution in [2.45, 2.75) is 6.92 Å². The Kier molecular flexibility index (Phi) is 3.36. The Hall–Kier alpha value is -2.75. The monoisotopic (exact) mass is 280 g/mol. The number of hydrogen-bond acceptors (Lipinski definition) is 2. The van der Waals surface area contributed by atoms with Crippen LogP contribution in [0.15, 0.2) is 54.7 Å². The molecule has 1 aromatic heterocycles. The zero-order valence-corrected chi connectivity index (χ0v) is 11.4. The van der Waals surface area contributed by atoms with Crippen molar-refractivity contribution in [3.63, 3.8) is 0 Å². The van der Waals surface area contributed by atoms with E-state index in [9.17, 15) is 9.18 Å². The van der Waals surface area contributed by atoms with Gasteiger partial charge in [-0.05, 0) is 30.7 Å². The van der Waals surface area contributed by atoms with Crippen LogP contribution >= 0.6 is 0 Å². The maximum Gasteiger partial charge on any atom is 0.258 e. The number of aromatic nitrogens is 1. The van der Waals surface area contributed by atoms with Crippen LogP contribution in [0.5, 0.6) is 0 Å². The van der Waals surface area contributed by atoms with E-state index in [1.807, 2.05) is 24.3 Å². The second-order valence-electron chi connectivity index (χ2n) is 4.77. The summed E-state index contributed by atoms with van der Waals surface area (Å²) in [5.74, 6) is -0.996. The highest BCUT2D eigenvalue weighted by atomic mass is 19.1. The Balaban J connectivity index is 2.01. The van der Waals surface area contributed by atoms with Crippen molar-refractivity contribution in [1.82, 2.24) is 4.98 Å². The maximum absolute atomic E-state index is 13.8. The summed E-state index contributed by atoms with van der Waals surface area (Å²) in [6.45, 7) is 1.71. The van der Waals surface area contributed by atoms with Crippen LogP contribution in [-0.4, -0.2) is 10.9 Å². The van der Waals surface area contributed by atoms with Crippen LogP contribution in [0.1, 0.15) is 15.9 Å². The number of nitrogens with zero attached hydrogens (tertiary/aromatic N) is 1. The number of fused-ring (bicyclic) bond motifs is 1. The van der Waals surface area contributed by atoms with Gasteiger partial charge in [0, 0.05) is 11.6 Å². The van der Waals surface area contributed by atoms with Gasteiger partial charge in [-0.1, -0.05) is 30.3 Å². The van der Waals surface area contributed by atoms with Crippen molar-refractivity contribution in [1.29, 1.82) is 0 Å². The molecule has 0 fully saturated rings. The molecular formula is C17H13FN2O. The number of hydrogen-bond donors (Lipinski definition) is 1. The van der Waals surface area contributed by atoms with Crippen molar-refractivity contribution in [3.8, 4) is 0 Å². The van der Waals surface area contributed by atoms with Crippen LogP contribution in [0.3, 0.4) is 0 Å². The molecule has 4 heteroatoms. The zero-order chi connectivity index (χ0) is 14.8. The van der Waals surface area contributed by atoms with Crippen LogP contribution in [0.4, 0.5) is 10.1 Å². The topological polar surface area (TPSA) is 42.0 Å². The fraction of sp³-hybridized carbons (Fsp3) is 0.0588. The Labute approximate surface area is 121 Å². The lowest BCUT2D eigenvalue weighted by molar-refractivity contribution is 0.102. The maximum atomic E-state index is 13.8. The Morgan fingerprint density at radius 3 is 2.67 bits per heavy atom. The summed E-state index contributed by atoms with van der Waals surface area (Å²) >= 11 is 0. The van der Waals surface area contributed by atoms with E-state index in [4.69, 9.17) is 0 Å². The molecule has 1 N–H and O–H groups in total. The Morgan fingerprint density at radius 1 is 1.10 bits per heavy atom. The molecule has 2 aromatic carbocycles. The fourth-order valence-electron chi connectivity index (χ4n) is 2.31. The first-order chi connectivity index (χ1) is 10.2. The standard InChI is InChI=1S/C17H13FN2O/c1-11-5-2-8-13(18)15(11)17(21)20-14-9-3-6-12-7-4-10-19-16(12)14/h2-10H,1H3,(H,20,21). The van der Waals surface area contributed by atoms with Gasteiger partial charge in [-0.25, -0.2) is 4.39 Å². The molecule has 1 heterocycles. The van der Waals surface area contributed by atoms with Crippen LogP contribution in [0.25, 0.3) is 10.9 Å². The second kappa shape index (κ2) is 5.32. The lowest BCUT2D eigenvalue weighted by Gasteiger charge is -2.10. The number of amides is 1. The smallest absolute Gasteiger partial charge is 0.258 e. The summed E-state index contributed by atoms with van der Waals surface area (Å²) in [6.07, 6.45) is 1.66. The summed E-state index contributed by atoms with van der Waals surface area (Å²) in [5.41, 5.74) is 1.91. The van der Waals surface area contributed by atoms with Crippen molar-refractivity contribution in [3.05, 3.63) is 71.7 Å². The molecule has 0 aliphatic rings. The molecule has 0 unspecified atom stereocenters. The molecular weight excluding hydrogens is 267 g/mol. The first-order valence-corrected chi connectivity index (χ1v) is 6.57. The number of anilines is 1. The molecule has 3 nitrogen and oxygen atoms in total. The number of pyridine rings is 1. The van der Waals surface area contributed by atoms with Gasteiger partial charge in [-0.3, -0.25) is 9.78 Å². The van der Waals surface area contributed by atoms with Crippen LogP contribution < -0.4 is 5.32 Å². The minimum Gasteiger partial charge on any atom is -0.320 e. The van der Waals surface area contributed by atoms with Gasteiger partial charge in [0.25, 0.3) is 5.91 Å². The highest BCUT2D eigenvalue weighted by Gasteiger charge is 2.15.